The minimum atomic E-state index is 0.180. The highest BCUT2D eigenvalue weighted by molar-refractivity contribution is 7.09. The second-order valence-electron chi connectivity index (χ2n) is 5.13. The lowest BCUT2D eigenvalue weighted by Gasteiger charge is -2.30. The van der Waals surface area contributed by atoms with Crippen molar-refractivity contribution in [1.82, 2.24) is 15.2 Å². The van der Waals surface area contributed by atoms with Gasteiger partial charge in [0.2, 0.25) is 5.91 Å². The van der Waals surface area contributed by atoms with Crippen LogP contribution in [0.3, 0.4) is 0 Å². The molecule has 0 aromatic carbocycles. The number of carbonyl (C=O) groups excluding carboxylic acids is 1. The maximum atomic E-state index is 12.4. The van der Waals surface area contributed by atoms with E-state index in [2.05, 4.69) is 17.2 Å². The van der Waals surface area contributed by atoms with Crippen molar-refractivity contribution >= 4 is 17.2 Å². The zero-order valence-corrected chi connectivity index (χ0v) is 12.1. The maximum Gasteiger partial charge on any atom is 0.225 e. The number of aryl methyl sites for hydroxylation is 1. The summed E-state index contributed by atoms with van der Waals surface area (Å²) < 4.78 is 0. The Balaban J connectivity index is 1.94. The molecule has 0 aliphatic carbocycles. The van der Waals surface area contributed by atoms with Crippen LogP contribution in [0.5, 0.6) is 0 Å². The number of piperidine rings is 1. The van der Waals surface area contributed by atoms with Gasteiger partial charge >= 0.3 is 0 Å². The van der Waals surface area contributed by atoms with Gasteiger partial charge in [-0.25, -0.2) is 4.98 Å². The van der Waals surface area contributed by atoms with Crippen molar-refractivity contribution in [2.45, 2.75) is 39.3 Å². The number of thiazole rings is 1. The van der Waals surface area contributed by atoms with E-state index in [0.29, 0.717) is 12.6 Å². The van der Waals surface area contributed by atoms with Crippen LogP contribution in [0.25, 0.3) is 0 Å². The topological polar surface area (TPSA) is 45.2 Å². The number of hydrogen-bond donors (Lipinski definition) is 1. The van der Waals surface area contributed by atoms with Gasteiger partial charge < -0.3 is 10.2 Å². The van der Waals surface area contributed by atoms with E-state index in [-0.39, 0.29) is 11.8 Å². The van der Waals surface area contributed by atoms with Crippen molar-refractivity contribution < 1.29 is 4.79 Å². The largest absolute Gasteiger partial charge is 0.340 e. The molecule has 2 heterocycles. The Labute approximate surface area is 112 Å². The van der Waals surface area contributed by atoms with Crippen LogP contribution in [0, 0.1) is 12.8 Å². The van der Waals surface area contributed by atoms with Crippen LogP contribution in [0.2, 0.25) is 0 Å². The summed E-state index contributed by atoms with van der Waals surface area (Å²) in [4.78, 5) is 19.6. The fourth-order valence-electron chi connectivity index (χ4n) is 2.44. The number of amides is 1. The van der Waals surface area contributed by atoms with Crippen molar-refractivity contribution in [3.63, 3.8) is 0 Å². The standard InChI is InChI=1S/C13H21N3OS/c1-9-6-11(4-5-14-9)13(17)16(3)7-12-10(2)15-8-18-12/h8-9,11,14H,4-7H2,1-3H3. The van der Waals surface area contributed by atoms with Crippen LogP contribution in [-0.2, 0) is 11.3 Å². The molecular formula is C13H21N3OS. The number of carbonyl (C=O) groups is 1. The van der Waals surface area contributed by atoms with Crippen LogP contribution in [0.15, 0.2) is 5.51 Å². The van der Waals surface area contributed by atoms with E-state index in [9.17, 15) is 4.79 Å². The third-order valence-electron chi connectivity index (χ3n) is 3.57. The van der Waals surface area contributed by atoms with Gasteiger partial charge in [0.15, 0.2) is 0 Å². The Morgan fingerprint density at radius 3 is 3.06 bits per heavy atom. The summed E-state index contributed by atoms with van der Waals surface area (Å²) >= 11 is 1.63. The molecule has 1 aliphatic rings. The van der Waals surface area contributed by atoms with E-state index in [1.807, 2.05) is 24.4 Å². The molecule has 1 N–H and O–H groups in total. The summed E-state index contributed by atoms with van der Waals surface area (Å²) in [6, 6.07) is 0.450. The van der Waals surface area contributed by atoms with Crippen molar-refractivity contribution in [1.29, 1.82) is 0 Å². The molecule has 1 aliphatic heterocycles. The van der Waals surface area contributed by atoms with Crippen LogP contribution < -0.4 is 5.32 Å². The first kappa shape index (κ1) is 13.5. The average Bonchev–Trinajstić information content (AvgIpc) is 2.74. The molecule has 1 fully saturated rings. The molecule has 5 heteroatoms. The first-order chi connectivity index (χ1) is 8.58. The zero-order chi connectivity index (χ0) is 13.1. The molecule has 100 valence electrons. The molecule has 0 spiro atoms. The van der Waals surface area contributed by atoms with Crippen molar-refractivity contribution in [3.8, 4) is 0 Å². The molecule has 1 aromatic rings. The van der Waals surface area contributed by atoms with Gasteiger partial charge in [-0.05, 0) is 33.2 Å². The van der Waals surface area contributed by atoms with Crippen LogP contribution in [-0.4, -0.2) is 35.4 Å². The maximum absolute atomic E-state index is 12.4. The van der Waals surface area contributed by atoms with Gasteiger partial charge in [0.05, 0.1) is 17.7 Å². The predicted octanol–water partition coefficient (Wildman–Crippen LogP) is 1.80. The van der Waals surface area contributed by atoms with Gasteiger partial charge in [0, 0.05) is 23.9 Å². The number of rotatable bonds is 3. The Morgan fingerprint density at radius 2 is 2.44 bits per heavy atom. The predicted molar refractivity (Wildman–Crippen MR) is 73.5 cm³/mol. The van der Waals surface area contributed by atoms with E-state index in [1.54, 1.807) is 11.3 Å². The summed E-state index contributed by atoms with van der Waals surface area (Å²) in [5, 5.41) is 3.38. The van der Waals surface area contributed by atoms with Crippen molar-refractivity contribution in [3.05, 3.63) is 16.1 Å². The summed E-state index contributed by atoms with van der Waals surface area (Å²) in [7, 11) is 1.90. The minimum Gasteiger partial charge on any atom is -0.340 e. The molecule has 0 radical (unpaired) electrons. The molecule has 0 bridgehead atoms. The minimum absolute atomic E-state index is 0.180. The highest BCUT2D eigenvalue weighted by atomic mass is 32.1. The number of nitrogens with one attached hydrogen (secondary N) is 1. The molecule has 2 rings (SSSR count). The normalized spacial score (nSPS) is 23.9. The number of aromatic nitrogens is 1. The quantitative estimate of drug-likeness (QED) is 0.908. The molecule has 2 unspecified atom stereocenters. The van der Waals surface area contributed by atoms with E-state index in [4.69, 9.17) is 0 Å². The smallest absolute Gasteiger partial charge is 0.225 e. The summed E-state index contributed by atoms with van der Waals surface area (Å²) in [5.41, 5.74) is 2.88. The fourth-order valence-corrected chi connectivity index (χ4v) is 3.27. The van der Waals surface area contributed by atoms with Gasteiger partial charge in [-0.15, -0.1) is 11.3 Å². The SMILES string of the molecule is Cc1ncsc1CN(C)C(=O)C1CCNC(C)C1. The Bertz CT molecular complexity index is 418. The summed E-state index contributed by atoms with van der Waals surface area (Å²) in [6.45, 7) is 5.78. The van der Waals surface area contributed by atoms with Gasteiger partial charge in [-0.2, -0.15) is 0 Å². The first-order valence-corrected chi connectivity index (χ1v) is 7.33. The van der Waals surface area contributed by atoms with Crippen molar-refractivity contribution in [2.24, 2.45) is 5.92 Å². The molecule has 0 saturated carbocycles. The van der Waals surface area contributed by atoms with Gasteiger partial charge in [0.1, 0.15) is 0 Å². The van der Waals surface area contributed by atoms with E-state index in [1.165, 1.54) is 4.88 Å². The summed E-state index contributed by atoms with van der Waals surface area (Å²) in [6.07, 6.45) is 1.90. The van der Waals surface area contributed by atoms with Crippen LogP contribution in [0.1, 0.15) is 30.3 Å². The second-order valence-corrected chi connectivity index (χ2v) is 6.07. The third kappa shape index (κ3) is 3.09. The molecule has 18 heavy (non-hydrogen) atoms. The summed E-state index contributed by atoms with van der Waals surface area (Å²) in [5.74, 6) is 0.454. The molecule has 4 nitrogen and oxygen atoms in total. The fraction of sp³-hybridized carbons (Fsp3) is 0.692. The first-order valence-electron chi connectivity index (χ1n) is 6.45. The van der Waals surface area contributed by atoms with E-state index in [0.717, 1.165) is 25.1 Å². The van der Waals surface area contributed by atoms with Crippen molar-refractivity contribution in [2.75, 3.05) is 13.6 Å². The highest BCUT2D eigenvalue weighted by Gasteiger charge is 2.27. The number of nitrogens with zero attached hydrogens (tertiary/aromatic N) is 2. The van der Waals surface area contributed by atoms with Gasteiger partial charge in [-0.1, -0.05) is 0 Å². The second kappa shape index (κ2) is 5.80. The van der Waals surface area contributed by atoms with Gasteiger partial charge in [0.25, 0.3) is 0 Å². The highest BCUT2D eigenvalue weighted by Crippen LogP contribution is 2.21. The monoisotopic (exact) mass is 267 g/mol. The lowest BCUT2D eigenvalue weighted by molar-refractivity contribution is -0.135. The van der Waals surface area contributed by atoms with E-state index < -0.39 is 0 Å². The Morgan fingerprint density at radius 1 is 1.67 bits per heavy atom. The third-order valence-corrected chi connectivity index (χ3v) is 4.49. The van der Waals surface area contributed by atoms with Crippen LogP contribution in [0.4, 0.5) is 0 Å². The Kier molecular flexibility index (Phi) is 4.35. The number of hydrogen-bond acceptors (Lipinski definition) is 4. The molecule has 2 atom stereocenters. The zero-order valence-electron chi connectivity index (χ0n) is 11.3. The van der Waals surface area contributed by atoms with E-state index >= 15 is 0 Å². The molecule has 1 amide bonds. The molecule has 1 saturated heterocycles. The molecular weight excluding hydrogens is 246 g/mol. The lowest BCUT2D eigenvalue weighted by Crippen LogP contribution is -2.42. The van der Waals surface area contributed by atoms with Gasteiger partial charge in [-0.3, -0.25) is 4.79 Å². The Hall–Kier alpha value is -0.940. The van der Waals surface area contributed by atoms with Crippen LogP contribution >= 0.6 is 11.3 Å². The lowest BCUT2D eigenvalue weighted by atomic mass is 9.92. The average molecular weight is 267 g/mol. The molecule has 1 aromatic heterocycles.